The highest BCUT2D eigenvalue weighted by molar-refractivity contribution is 5.97. The molecule has 0 spiro atoms. The molecule has 4 rings (SSSR count). The topological polar surface area (TPSA) is 76.1 Å². The van der Waals surface area contributed by atoms with Gasteiger partial charge in [-0.25, -0.2) is 9.18 Å². The lowest BCUT2D eigenvalue weighted by molar-refractivity contribution is -0.160. The number of methoxy groups -OCH3 is 1. The number of carbonyl (C=O) groups is 2. The van der Waals surface area contributed by atoms with Crippen LogP contribution >= 0.6 is 0 Å². The van der Waals surface area contributed by atoms with Crippen molar-refractivity contribution >= 4 is 11.9 Å². The Morgan fingerprint density at radius 3 is 2.26 bits per heavy atom. The monoisotopic (exact) mass is 533 g/mol. The van der Waals surface area contributed by atoms with Crippen LogP contribution in [0.4, 0.5) is 4.39 Å². The molecule has 1 aliphatic rings. The summed E-state index contributed by atoms with van der Waals surface area (Å²) in [6.45, 7) is 12.2. The van der Waals surface area contributed by atoms with Gasteiger partial charge in [-0.05, 0) is 93.5 Å². The summed E-state index contributed by atoms with van der Waals surface area (Å²) >= 11 is 0. The Bertz CT molecular complexity index is 1420. The second-order valence-electron chi connectivity index (χ2n) is 11.1. The minimum absolute atomic E-state index is 0.0690. The fourth-order valence-electron chi connectivity index (χ4n) is 5.46. The molecular formula is C32H36FNO5. The third kappa shape index (κ3) is 5.55. The molecule has 0 saturated carbocycles. The lowest BCUT2D eigenvalue weighted by Gasteiger charge is -2.35. The fraction of sp³-hybridized carbons (Fsp3) is 0.375. The van der Waals surface area contributed by atoms with E-state index in [0.717, 1.165) is 38.9 Å². The molecule has 0 bridgehead atoms. The second-order valence-corrected chi connectivity index (χ2v) is 11.1. The van der Waals surface area contributed by atoms with Gasteiger partial charge in [-0.15, -0.1) is 0 Å². The SMILES string of the molecule is COc1c(F)cccc1C(=O)N1CCc2c(C)c([C@H](OC(C)(C)C)C(=O)O)c(-c3ccc(C)cc3)c(C)c2C1. The van der Waals surface area contributed by atoms with Crippen LogP contribution in [0, 0.1) is 26.6 Å². The van der Waals surface area contributed by atoms with Crippen LogP contribution in [-0.4, -0.2) is 41.1 Å². The number of fused-ring (bicyclic) bond motifs is 1. The molecule has 206 valence electrons. The van der Waals surface area contributed by atoms with Crippen LogP contribution < -0.4 is 4.74 Å². The molecule has 0 saturated heterocycles. The summed E-state index contributed by atoms with van der Waals surface area (Å²) < 4.78 is 25.7. The molecule has 3 aromatic carbocycles. The number of nitrogens with zero attached hydrogens (tertiary/aromatic N) is 1. The van der Waals surface area contributed by atoms with E-state index >= 15 is 0 Å². The van der Waals surface area contributed by atoms with Gasteiger partial charge in [-0.3, -0.25) is 4.79 Å². The van der Waals surface area contributed by atoms with Gasteiger partial charge in [0.2, 0.25) is 0 Å². The molecule has 1 heterocycles. The highest BCUT2D eigenvalue weighted by Crippen LogP contribution is 2.43. The minimum atomic E-state index is -1.17. The summed E-state index contributed by atoms with van der Waals surface area (Å²) in [7, 11) is 1.35. The molecule has 1 amide bonds. The molecule has 39 heavy (non-hydrogen) atoms. The molecule has 0 radical (unpaired) electrons. The molecule has 6 nitrogen and oxygen atoms in total. The minimum Gasteiger partial charge on any atom is -0.493 e. The van der Waals surface area contributed by atoms with E-state index in [1.54, 1.807) is 11.0 Å². The zero-order valence-corrected chi connectivity index (χ0v) is 23.6. The number of carboxylic acids is 1. The normalized spacial score (nSPS) is 14.1. The summed E-state index contributed by atoms with van der Waals surface area (Å²) in [4.78, 5) is 27.8. The number of hydrogen-bond donors (Lipinski definition) is 1. The largest absolute Gasteiger partial charge is 0.493 e. The third-order valence-corrected chi connectivity index (χ3v) is 7.29. The molecule has 7 heteroatoms. The molecule has 0 aromatic heterocycles. The van der Waals surface area contributed by atoms with E-state index in [0.29, 0.717) is 25.1 Å². The average Bonchev–Trinajstić information content (AvgIpc) is 2.88. The van der Waals surface area contributed by atoms with Crippen molar-refractivity contribution in [2.24, 2.45) is 0 Å². The number of rotatable bonds is 6. The van der Waals surface area contributed by atoms with Crippen molar-refractivity contribution < 1.29 is 28.6 Å². The van der Waals surface area contributed by atoms with E-state index in [1.807, 2.05) is 65.8 Å². The van der Waals surface area contributed by atoms with E-state index in [1.165, 1.54) is 19.2 Å². The van der Waals surface area contributed by atoms with Crippen LogP contribution in [0.1, 0.15) is 70.6 Å². The van der Waals surface area contributed by atoms with E-state index in [4.69, 9.17) is 9.47 Å². The number of ether oxygens (including phenoxy) is 2. The number of para-hydroxylation sites is 1. The Labute approximate surface area is 229 Å². The van der Waals surface area contributed by atoms with Crippen molar-refractivity contribution in [1.82, 2.24) is 4.90 Å². The lowest BCUT2D eigenvalue weighted by Crippen LogP contribution is -2.37. The molecular weight excluding hydrogens is 497 g/mol. The summed E-state index contributed by atoms with van der Waals surface area (Å²) in [6.07, 6.45) is -0.629. The Kier molecular flexibility index (Phi) is 7.84. The fourth-order valence-corrected chi connectivity index (χ4v) is 5.46. The Balaban J connectivity index is 1.89. The van der Waals surface area contributed by atoms with Crippen LogP contribution in [0.2, 0.25) is 0 Å². The summed E-state index contributed by atoms with van der Waals surface area (Å²) in [5, 5.41) is 10.3. The third-order valence-electron chi connectivity index (χ3n) is 7.29. The molecule has 1 N–H and O–H groups in total. The molecule has 3 aromatic rings. The first-order chi connectivity index (χ1) is 18.3. The van der Waals surface area contributed by atoms with Crippen molar-refractivity contribution in [2.75, 3.05) is 13.7 Å². The lowest BCUT2D eigenvalue weighted by atomic mass is 9.80. The van der Waals surface area contributed by atoms with Gasteiger partial charge in [0.15, 0.2) is 17.7 Å². The Morgan fingerprint density at radius 1 is 1.00 bits per heavy atom. The summed E-state index contributed by atoms with van der Waals surface area (Å²) in [6, 6.07) is 12.3. The van der Waals surface area contributed by atoms with Gasteiger partial charge < -0.3 is 19.5 Å². The smallest absolute Gasteiger partial charge is 0.337 e. The molecule has 1 aliphatic heterocycles. The van der Waals surface area contributed by atoms with Gasteiger partial charge in [0.25, 0.3) is 5.91 Å². The number of amides is 1. The predicted octanol–water partition coefficient (Wildman–Crippen LogP) is 6.57. The summed E-state index contributed by atoms with van der Waals surface area (Å²) in [5.41, 5.74) is 6.68. The number of benzene rings is 3. The van der Waals surface area contributed by atoms with E-state index < -0.39 is 23.5 Å². The van der Waals surface area contributed by atoms with Gasteiger partial charge in [0.1, 0.15) is 0 Å². The van der Waals surface area contributed by atoms with Gasteiger partial charge in [0.05, 0.1) is 18.3 Å². The first-order valence-corrected chi connectivity index (χ1v) is 13.1. The van der Waals surface area contributed by atoms with Crippen molar-refractivity contribution in [1.29, 1.82) is 0 Å². The van der Waals surface area contributed by atoms with Crippen molar-refractivity contribution in [3.63, 3.8) is 0 Å². The van der Waals surface area contributed by atoms with Gasteiger partial charge in [-0.1, -0.05) is 35.9 Å². The van der Waals surface area contributed by atoms with Crippen molar-refractivity contribution in [3.8, 4) is 16.9 Å². The Hall–Kier alpha value is -3.71. The average molecular weight is 534 g/mol. The van der Waals surface area contributed by atoms with Crippen LogP contribution in [0.3, 0.4) is 0 Å². The molecule has 1 atom stereocenters. The number of carbonyl (C=O) groups excluding carboxylic acids is 1. The van der Waals surface area contributed by atoms with Gasteiger partial charge >= 0.3 is 5.97 Å². The number of hydrogen-bond acceptors (Lipinski definition) is 4. The molecule has 0 fully saturated rings. The number of aryl methyl sites for hydroxylation is 1. The van der Waals surface area contributed by atoms with Gasteiger partial charge in [-0.2, -0.15) is 0 Å². The van der Waals surface area contributed by atoms with Crippen LogP contribution in [0.15, 0.2) is 42.5 Å². The zero-order valence-electron chi connectivity index (χ0n) is 23.6. The van der Waals surface area contributed by atoms with Crippen LogP contribution in [0.25, 0.3) is 11.1 Å². The Morgan fingerprint density at radius 2 is 1.67 bits per heavy atom. The number of carboxylic acid groups (broad SMARTS) is 1. The van der Waals surface area contributed by atoms with E-state index in [9.17, 15) is 19.1 Å². The maximum absolute atomic E-state index is 14.4. The zero-order chi connectivity index (χ0) is 28.6. The van der Waals surface area contributed by atoms with Gasteiger partial charge in [0, 0.05) is 18.7 Å². The standard InChI is InChI=1S/C32H36FNO5/c1-18-11-13-21(14-12-18)26-20(3)24-17-34(30(35)23-9-8-10-25(33)28(23)38-7)16-15-22(24)19(2)27(26)29(31(36)37)39-32(4,5)6/h8-14,29H,15-17H2,1-7H3,(H,36,37)/t29-/m0/s1. The quantitative estimate of drug-likeness (QED) is 0.388. The van der Waals surface area contributed by atoms with Crippen LogP contribution in [0.5, 0.6) is 5.75 Å². The first-order valence-electron chi connectivity index (χ1n) is 13.1. The predicted molar refractivity (Wildman–Crippen MR) is 149 cm³/mol. The second kappa shape index (κ2) is 10.8. The summed E-state index contributed by atoms with van der Waals surface area (Å²) in [5.74, 6) is -2.01. The number of aliphatic carboxylic acids is 1. The molecule has 0 unspecified atom stereocenters. The molecule has 0 aliphatic carbocycles. The highest BCUT2D eigenvalue weighted by atomic mass is 19.1. The number of halogens is 1. The van der Waals surface area contributed by atoms with E-state index in [2.05, 4.69) is 0 Å². The van der Waals surface area contributed by atoms with Crippen molar-refractivity contribution in [2.45, 2.75) is 66.2 Å². The van der Waals surface area contributed by atoms with Crippen molar-refractivity contribution in [3.05, 3.63) is 87.2 Å². The van der Waals surface area contributed by atoms with E-state index in [-0.39, 0.29) is 17.2 Å². The maximum atomic E-state index is 14.4. The maximum Gasteiger partial charge on any atom is 0.337 e. The highest BCUT2D eigenvalue weighted by Gasteiger charge is 2.35. The van der Waals surface area contributed by atoms with Crippen LogP contribution in [-0.2, 0) is 22.5 Å². The first kappa shape index (κ1) is 28.3.